The van der Waals surface area contributed by atoms with E-state index in [1.165, 1.54) is 17.1 Å². The molecule has 1 aromatic heterocycles. The second-order valence-electron chi connectivity index (χ2n) is 6.88. The molecule has 1 amide bonds. The van der Waals surface area contributed by atoms with E-state index in [4.69, 9.17) is 4.18 Å². The maximum Gasteiger partial charge on any atom is 0.300 e. The van der Waals surface area contributed by atoms with Crippen molar-refractivity contribution in [1.82, 2.24) is 14.7 Å². The molecule has 0 unspecified atom stereocenters. The normalized spacial score (nSPS) is 11.4. The Hall–Kier alpha value is -2.97. The zero-order valence-corrected chi connectivity index (χ0v) is 17.7. The van der Waals surface area contributed by atoms with Gasteiger partial charge in [-0.15, -0.1) is 0 Å². The number of hydrogen-bond donors (Lipinski definition) is 0. The van der Waals surface area contributed by atoms with Crippen LogP contribution in [0.3, 0.4) is 0 Å². The first-order chi connectivity index (χ1) is 14.5. The number of aromatic nitrogens is 2. The summed E-state index contributed by atoms with van der Waals surface area (Å²) in [5.74, 6) is -0.410. The van der Waals surface area contributed by atoms with Gasteiger partial charge in [-0.25, -0.2) is 0 Å². The highest BCUT2D eigenvalue weighted by atomic mass is 32.2. The molecule has 30 heavy (non-hydrogen) atoms. The van der Waals surface area contributed by atoms with Gasteiger partial charge in [0.15, 0.2) is 0 Å². The van der Waals surface area contributed by atoms with E-state index in [9.17, 15) is 13.2 Å². The second kappa shape index (κ2) is 10.2. The van der Waals surface area contributed by atoms with Gasteiger partial charge in [0.1, 0.15) is 11.5 Å². The average Bonchev–Trinajstić information content (AvgIpc) is 3.23. The Labute approximate surface area is 177 Å². The van der Waals surface area contributed by atoms with Crippen molar-refractivity contribution >= 4 is 16.0 Å². The zero-order chi connectivity index (χ0) is 21.4. The van der Waals surface area contributed by atoms with E-state index in [2.05, 4.69) is 5.10 Å². The summed E-state index contributed by atoms with van der Waals surface area (Å²) < 4.78 is 31.5. The minimum atomic E-state index is -4.06. The predicted octanol–water partition coefficient (Wildman–Crippen LogP) is 3.23. The van der Waals surface area contributed by atoms with E-state index in [-0.39, 0.29) is 4.90 Å². The van der Waals surface area contributed by atoms with Gasteiger partial charge in [-0.1, -0.05) is 67.6 Å². The monoisotopic (exact) mass is 427 g/mol. The fourth-order valence-electron chi connectivity index (χ4n) is 2.95. The number of benzene rings is 2. The molecule has 0 N–H and O–H groups in total. The molecular formula is C22H25N3O4S. The molecule has 0 saturated heterocycles. The van der Waals surface area contributed by atoms with E-state index in [1.807, 2.05) is 67.6 Å². The summed E-state index contributed by atoms with van der Waals surface area (Å²) in [5, 5.41) is 4.01. The second-order valence-corrected chi connectivity index (χ2v) is 8.49. The Kier molecular flexibility index (Phi) is 7.37. The highest BCUT2D eigenvalue weighted by Crippen LogP contribution is 2.14. The van der Waals surface area contributed by atoms with Gasteiger partial charge in [0, 0.05) is 25.8 Å². The number of nitrogens with zero attached hydrogens (tertiary/aromatic N) is 3. The molecule has 0 aliphatic heterocycles. The van der Waals surface area contributed by atoms with Crippen molar-refractivity contribution in [2.45, 2.75) is 37.9 Å². The molecule has 0 saturated carbocycles. The SMILES string of the molecule is CCCn1cc(S(=O)(=O)OCC(=O)N(Cc2ccccc2)Cc2ccccc2)cn1. The topological polar surface area (TPSA) is 81.5 Å². The minimum absolute atomic E-state index is 0.0542. The Balaban J connectivity index is 1.70. The van der Waals surface area contributed by atoms with Crippen LogP contribution in [0.2, 0.25) is 0 Å². The third kappa shape index (κ3) is 6.01. The van der Waals surface area contributed by atoms with Crippen LogP contribution in [0.4, 0.5) is 0 Å². The van der Waals surface area contributed by atoms with E-state index in [0.29, 0.717) is 19.6 Å². The van der Waals surface area contributed by atoms with Crippen molar-refractivity contribution in [3.63, 3.8) is 0 Å². The van der Waals surface area contributed by atoms with E-state index >= 15 is 0 Å². The maximum absolute atomic E-state index is 12.9. The maximum atomic E-state index is 12.9. The van der Waals surface area contributed by atoms with Gasteiger partial charge in [-0.05, 0) is 17.5 Å². The lowest BCUT2D eigenvalue weighted by molar-refractivity contribution is -0.134. The lowest BCUT2D eigenvalue weighted by Gasteiger charge is -2.23. The molecule has 0 atom stereocenters. The van der Waals surface area contributed by atoms with Crippen LogP contribution in [0.15, 0.2) is 78.0 Å². The molecule has 158 valence electrons. The van der Waals surface area contributed by atoms with E-state index in [0.717, 1.165) is 17.5 Å². The highest BCUT2D eigenvalue weighted by molar-refractivity contribution is 7.86. The van der Waals surface area contributed by atoms with Crippen LogP contribution >= 0.6 is 0 Å². The summed E-state index contributed by atoms with van der Waals surface area (Å²) in [6.45, 7) is 2.72. The smallest absolute Gasteiger partial charge is 0.300 e. The van der Waals surface area contributed by atoms with Crippen LogP contribution in [0.25, 0.3) is 0 Å². The fourth-order valence-corrected chi connectivity index (χ4v) is 3.77. The molecule has 0 aliphatic carbocycles. The van der Waals surface area contributed by atoms with Crippen LogP contribution in [0.5, 0.6) is 0 Å². The van der Waals surface area contributed by atoms with Crippen LogP contribution in [0.1, 0.15) is 24.5 Å². The summed E-state index contributed by atoms with van der Waals surface area (Å²) in [6, 6.07) is 19.1. The van der Waals surface area contributed by atoms with Gasteiger partial charge in [-0.2, -0.15) is 13.5 Å². The summed E-state index contributed by atoms with van der Waals surface area (Å²) in [5.41, 5.74) is 1.90. The van der Waals surface area contributed by atoms with Gasteiger partial charge >= 0.3 is 10.1 Å². The molecule has 8 heteroatoms. The zero-order valence-electron chi connectivity index (χ0n) is 16.8. The third-order valence-electron chi connectivity index (χ3n) is 4.47. The Morgan fingerprint density at radius 3 is 2.10 bits per heavy atom. The molecule has 0 bridgehead atoms. The first-order valence-corrected chi connectivity index (χ1v) is 11.2. The largest absolute Gasteiger partial charge is 0.332 e. The molecule has 3 aromatic rings. The molecular weight excluding hydrogens is 402 g/mol. The standard InChI is InChI=1S/C22H25N3O4S/c1-2-13-25-17-21(14-23-25)30(27,28)29-18-22(26)24(15-19-9-5-3-6-10-19)16-20-11-7-4-8-12-20/h3-12,14,17H,2,13,15-16,18H2,1H3. The summed E-state index contributed by atoms with van der Waals surface area (Å²) >= 11 is 0. The molecule has 3 rings (SSSR count). The number of carbonyl (C=O) groups is 1. The van der Waals surface area contributed by atoms with Crippen LogP contribution in [0, 0.1) is 0 Å². The van der Waals surface area contributed by atoms with Crippen LogP contribution < -0.4 is 0 Å². The number of carbonyl (C=O) groups excluding carboxylic acids is 1. The summed E-state index contributed by atoms with van der Waals surface area (Å²) in [4.78, 5) is 14.4. The van der Waals surface area contributed by atoms with E-state index < -0.39 is 22.6 Å². The number of aryl methyl sites for hydroxylation is 1. The molecule has 0 spiro atoms. The van der Waals surface area contributed by atoms with Gasteiger partial charge in [-0.3, -0.25) is 13.7 Å². The van der Waals surface area contributed by atoms with Crippen molar-refractivity contribution in [1.29, 1.82) is 0 Å². The molecule has 0 fully saturated rings. The summed E-state index contributed by atoms with van der Waals surface area (Å²) in [6.07, 6.45) is 3.48. The summed E-state index contributed by atoms with van der Waals surface area (Å²) in [7, 11) is -4.06. The van der Waals surface area contributed by atoms with Crippen LogP contribution in [-0.2, 0) is 38.7 Å². The molecule has 1 heterocycles. The van der Waals surface area contributed by atoms with Gasteiger partial charge in [0.05, 0.1) is 6.20 Å². The van der Waals surface area contributed by atoms with Gasteiger partial charge in [0.2, 0.25) is 0 Å². The minimum Gasteiger partial charge on any atom is -0.332 e. The van der Waals surface area contributed by atoms with Crippen molar-refractivity contribution in [2.24, 2.45) is 0 Å². The number of amides is 1. The lowest BCUT2D eigenvalue weighted by atomic mass is 10.1. The van der Waals surface area contributed by atoms with Crippen molar-refractivity contribution in [3.8, 4) is 0 Å². The number of rotatable bonds is 10. The third-order valence-corrected chi connectivity index (χ3v) is 5.69. The Morgan fingerprint density at radius 2 is 1.57 bits per heavy atom. The van der Waals surface area contributed by atoms with Crippen molar-refractivity contribution in [3.05, 3.63) is 84.2 Å². The molecule has 0 radical (unpaired) electrons. The van der Waals surface area contributed by atoms with Crippen molar-refractivity contribution in [2.75, 3.05) is 6.61 Å². The van der Waals surface area contributed by atoms with Gasteiger partial charge < -0.3 is 4.90 Å². The van der Waals surface area contributed by atoms with Gasteiger partial charge in [0.25, 0.3) is 5.91 Å². The molecule has 2 aromatic carbocycles. The lowest BCUT2D eigenvalue weighted by Crippen LogP contribution is -2.33. The Morgan fingerprint density at radius 1 is 1.00 bits per heavy atom. The molecule has 7 nitrogen and oxygen atoms in total. The number of hydrogen-bond acceptors (Lipinski definition) is 5. The van der Waals surface area contributed by atoms with E-state index in [1.54, 1.807) is 4.90 Å². The quantitative estimate of drug-likeness (QED) is 0.464. The first kappa shape index (κ1) is 21.7. The molecule has 0 aliphatic rings. The van der Waals surface area contributed by atoms with Crippen LogP contribution in [-0.4, -0.2) is 35.6 Å². The fraction of sp³-hybridized carbons (Fsp3) is 0.273. The Bertz CT molecular complexity index is 1010. The van der Waals surface area contributed by atoms with Crippen molar-refractivity contribution < 1.29 is 17.4 Å². The average molecular weight is 428 g/mol. The first-order valence-electron chi connectivity index (χ1n) is 9.75. The highest BCUT2D eigenvalue weighted by Gasteiger charge is 2.22. The predicted molar refractivity (Wildman–Crippen MR) is 113 cm³/mol.